The normalized spacial score (nSPS) is 10.2. The third kappa shape index (κ3) is 2.57. The van der Waals surface area contributed by atoms with Gasteiger partial charge in [0, 0.05) is 29.9 Å². The summed E-state index contributed by atoms with van der Waals surface area (Å²) in [6.07, 6.45) is 4.66. The molecular formula is C9H8N4O2S. The summed E-state index contributed by atoms with van der Waals surface area (Å²) in [5, 5.41) is 0.591. The molecule has 0 bridgehead atoms. The monoisotopic (exact) mass is 236 g/mol. The quantitative estimate of drug-likeness (QED) is 0.584. The van der Waals surface area contributed by atoms with Crippen LogP contribution in [0.4, 0.5) is 0 Å². The van der Waals surface area contributed by atoms with E-state index >= 15 is 0 Å². The van der Waals surface area contributed by atoms with Gasteiger partial charge in [-0.2, -0.15) is 0 Å². The lowest BCUT2D eigenvalue weighted by molar-refractivity contribution is 0.960. The van der Waals surface area contributed by atoms with Crippen molar-refractivity contribution in [3.63, 3.8) is 0 Å². The predicted octanol–water partition coefficient (Wildman–Crippen LogP) is 0.145. The first-order valence-corrected chi connectivity index (χ1v) is 5.45. The van der Waals surface area contributed by atoms with E-state index in [9.17, 15) is 9.59 Å². The maximum atomic E-state index is 11.3. The molecule has 6 nitrogen and oxygen atoms in total. The van der Waals surface area contributed by atoms with Crippen LogP contribution in [0.3, 0.4) is 0 Å². The molecule has 0 unspecified atom stereocenters. The fourth-order valence-electron chi connectivity index (χ4n) is 1.05. The second kappa shape index (κ2) is 4.75. The maximum absolute atomic E-state index is 11.3. The largest absolute Gasteiger partial charge is 0.325 e. The van der Waals surface area contributed by atoms with E-state index in [-0.39, 0.29) is 5.56 Å². The first-order valence-electron chi connectivity index (χ1n) is 4.46. The van der Waals surface area contributed by atoms with Crippen molar-refractivity contribution in [3.8, 4) is 0 Å². The first kappa shape index (κ1) is 10.6. The lowest BCUT2D eigenvalue weighted by Gasteiger charge is -1.98. The maximum Gasteiger partial charge on any atom is 0.325 e. The number of nitrogens with one attached hydrogen (secondary N) is 2. The summed E-state index contributed by atoms with van der Waals surface area (Å²) >= 11 is 1.33. The lowest BCUT2D eigenvalue weighted by atomic mass is 10.4. The van der Waals surface area contributed by atoms with Gasteiger partial charge in [-0.05, 0) is 6.07 Å². The summed E-state index contributed by atoms with van der Waals surface area (Å²) in [5.74, 6) is 0.413. The van der Waals surface area contributed by atoms with E-state index in [2.05, 4.69) is 19.9 Å². The van der Waals surface area contributed by atoms with Crippen LogP contribution in [0.1, 0.15) is 5.56 Å². The second-order valence-electron chi connectivity index (χ2n) is 2.92. The Balaban J connectivity index is 2.11. The van der Waals surface area contributed by atoms with Crippen LogP contribution in [0.15, 0.2) is 39.4 Å². The number of H-pyrrole nitrogens is 2. The highest BCUT2D eigenvalue weighted by Gasteiger charge is 2.02. The van der Waals surface area contributed by atoms with Crippen molar-refractivity contribution in [2.24, 2.45) is 0 Å². The zero-order valence-electron chi connectivity index (χ0n) is 8.14. The number of aromatic nitrogens is 4. The van der Waals surface area contributed by atoms with Crippen molar-refractivity contribution in [3.05, 3.63) is 51.1 Å². The van der Waals surface area contributed by atoms with Gasteiger partial charge in [0.2, 0.25) is 0 Å². The molecule has 2 rings (SSSR count). The van der Waals surface area contributed by atoms with E-state index in [0.29, 0.717) is 16.5 Å². The summed E-state index contributed by atoms with van der Waals surface area (Å²) in [4.78, 5) is 34.7. The molecule has 0 saturated heterocycles. The highest BCUT2D eigenvalue weighted by atomic mass is 32.2. The van der Waals surface area contributed by atoms with E-state index < -0.39 is 5.69 Å². The van der Waals surface area contributed by atoms with E-state index in [1.807, 2.05) is 0 Å². The molecule has 0 amide bonds. The average Bonchev–Trinajstić information content (AvgIpc) is 2.29. The topological polar surface area (TPSA) is 91.5 Å². The third-order valence-corrected chi connectivity index (χ3v) is 2.72. The molecule has 0 spiro atoms. The zero-order chi connectivity index (χ0) is 11.4. The van der Waals surface area contributed by atoms with Crippen LogP contribution in [0.5, 0.6) is 0 Å². The summed E-state index contributed by atoms with van der Waals surface area (Å²) in [5.41, 5.74) is -0.404. The van der Waals surface area contributed by atoms with Gasteiger partial charge in [-0.15, -0.1) is 0 Å². The van der Waals surface area contributed by atoms with Gasteiger partial charge in [0.15, 0.2) is 5.16 Å². The molecule has 0 aromatic carbocycles. The Morgan fingerprint density at radius 3 is 2.69 bits per heavy atom. The van der Waals surface area contributed by atoms with Crippen molar-refractivity contribution in [2.75, 3.05) is 0 Å². The number of aromatic amines is 2. The Hall–Kier alpha value is -1.89. The van der Waals surface area contributed by atoms with Crippen LogP contribution >= 0.6 is 11.8 Å². The smallest absolute Gasteiger partial charge is 0.314 e. The minimum absolute atomic E-state index is 0.382. The lowest BCUT2D eigenvalue weighted by Crippen LogP contribution is -2.24. The molecule has 0 aliphatic heterocycles. The molecule has 0 aliphatic rings. The predicted molar refractivity (Wildman–Crippen MR) is 59.3 cm³/mol. The van der Waals surface area contributed by atoms with Gasteiger partial charge in [-0.3, -0.25) is 9.78 Å². The minimum atomic E-state index is -0.505. The number of rotatable bonds is 3. The summed E-state index contributed by atoms with van der Waals surface area (Å²) in [6, 6.07) is 1.72. The molecule has 0 radical (unpaired) electrons. The van der Waals surface area contributed by atoms with Crippen LogP contribution in [-0.4, -0.2) is 19.9 Å². The highest BCUT2D eigenvalue weighted by molar-refractivity contribution is 7.98. The molecular weight excluding hydrogens is 228 g/mol. The highest BCUT2D eigenvalue weighted by Crippen LogP contribution is 2.14. The minimum Gasteiger partial charge on any atom is -0.314 e. The Morgan fingerprint density at radius 2 is 2.00 bits per heavy atom. The molecule has 2 aromatic rings. The van der Waals surface area contributed by atoms with Gasteiger partial charge in [-0.25, -0.2) is 14.8 Å². The van der Waals surface area contributed by atoms with E-state index in [1.165, 1.54) is 18.0 Å². The summed E-state index contributed by atoms with van der Waals surface area (Å²) in [6.45, 7) is 0. The van der Waals surface area contributed by atoms with Gasteiger partial charge < -0.3 is 4.98 Å². The number of hydrogen-bond acceptors (Lipinski definition) is 5. The van der Waals surface area contributed by atoms with Crippen molar-refractivity contribution in [1.29, 1.82) is 0 Å². The van der Waals surface area contributed by atoms with E-state index in [0.717, 1.165) is 0 Å². The molecule has 0 aliphatic carbocycles. The Bertz CT molecular complexity index is 578. The molecule has 16 heavy (non-hydrogen) atoms. The van der Waals surface area contributed by atoms with Crippen LogP contribution in [-0.2, 0) is 5.75 Å². The van der Waals surface area contributed by atoms with Crippen LogP contribution in [0, 0.1) is 0 Å². The van der Waals surface area contributed by atoms with Gasteiger partial charge in [0.05, 0.1) is 0 Å². The molecule has 2 aromatic heterocycles. The Morgan fingerprint density at radius 1 is 1.25 bits per heavy atom. The first-order chi connectivity index (χ1) is 7.75. The van der Waals surface area contributed by atoms with Crippen LogP contribution in [0.2, 0.25) is 0 Å². The van der Waals surface area contributed by atoms with Crippen molar-refractivity contribution < 1.29 is 0 Å². The Labute approximate surface area is 94.2 Å². The molecule has 82 valence electrons. The van der Waals surface area contributed by atoms with Gasteiger partial charge in [0.1, 0.15) is 0 Å². The summed E-state index contributed by atoms with van der Waals surface area (Å²) in [7, 11) is 0. The molecule has 0 fully saturated rings. The summed E-state index contributed by atoms with van der Waals surface area (Å²) < 4.78 is 0. The number of thioether (sulfide) groups is 1. The fourth-order valence-corrected chi connectivity index (χ4v) is 1.82. The number of hydrogen-bond donors (Lipinski definition) is 2. The number of nitrogens with zero attached hydrogens (tertiary/aromatic N) is 2. The zero-order valence-corrected chi connectivity index (χ0v) is 8.95. The second-order valence-corrected chi connectivity index (χ2v) is 3.86. The van der Waals surface area contributed by atoms with Crippen LogP contribution < -0.4 is 11.2 Å². The van der Waals surface area contributed by atoms with E-state index in [1.54, 1.807) is 18.5 Å². The molecule has 0 atom stereocenters. The fraction of sp³-hybridized carbons (Fsp3) is 0.111. The standard InChI is InChI=1S/C9H8N4O2S/c14-7-6(4-12-8(15)13-7)5-16-9-10-2-1-3-11-9/h1-4H,5H2,(H2,12,13,14,15). The Kier molecular flexibility index (Phi) is 3.16. The molecule has 2 heterocycles. The van der Waals surface area contributed by atoms with Crippen molar-refractivity contribution in [1.82, 2.24) is 19.9 Å². The van der Waals surface area contributed by atoms with Crippen molar-refractivity contribution >= 4 is 11.8 Å². The third-order valence-electron chi connectivity index (χ3n) is 1.80. The van der Waals surface area contributed by atoms with Crippen LogP contribution in [0.25, 0.3) is 0 Å². The van der Waals surface area contributed by atoms with Gasteiger partial charge in [-0.1, -0.05) is 11.8 Å². The molecule has 7 heteroatoms. The van der Waals surface area contributed by atoms with Crippen molar-refractivity contribution in [2.45, 2.75) is 10.9 Å². The van der Waals surface area contributed by atoms with Gasteiger partial charge >= 0.3 is 5.69 Å². The van der Waals surface area contributed by atoms with Gasteiger partial charge in [0.25, 0.3) is 5.56 Å². The molecule has 0 saturated carbocycles. The average molecular weight is 236 g/mol. The molecule has 2 N–H and O–H groups in total. The SMILES string of the molecule is O=c1[nH]cc(CSc2ncccn2)c(=O)[nH]1. The van der Waals surface area contributed by atoms with E-state index in [4.69, 9.17) is 0 Å².